The lowest BCUT2D eigenvalue weighted by Crippen LogP contribution is -2.52. The van der Waals surface area contributed by atoms with Gasteiger partial charge in [0.2, 0.25) is 0 Å². The van der Waals surface area contributed by atoms with Crippen LogP contribution in [-0.4, -0.2) is 68.4 Å². The van der Waals surface area contributed by atoms with Crippen molar-refractivity contribution in [2.24, 2.45) is 0 Å². The van der Waals surface area contributed by atoms with Crippen LogP contribution in [-0.2, 0) is 14.9 Å². The molecule has 24 heavy (non-hydrogen) atoms. The molecule has 3 fully saturated rings. The maximum Gasteiger partial charge on any atom is 0.279 e. The minimum atomic E-state index is -3.40. The van der Waals surface area contributed by atoms with Crippen molar-refractivity contribution in [2.45, 2.75) is 37.6 Å². The third kappa shape index (κ3) is 3.58. The van der Waals surface area contributed by atoms with Gasteiger partial charge in [-0.3, -0.25) is 5.10 Å². The van der Waals surface area contributed by atoms with Crippen LogP contribution in [0.25, 0.3) is 0 Å². The van der Waals surface area contributed by atoms with Crippen LogP contribution in [0.5, 0.6) is 0 Å². The van der Waals surface area contributed by atoms with Crippen LogP contribution in [0.15, 0.2) is 6.07 Å². The zero-order chi connectivity index (χ0) is 16.6. The van der Waals surface area contributed by atoms with Gasteiger partial charge < -0.3 is 9.64 Å². The largest absolute Gasteiger partial charge is 0.379 e. The van der Waals surface area contributed by atoms with Crippen LogP contribution < -0.4 is 9.62 Å². The number of morpholine rings is 1. The van der Waals surface area contributed by atoms with E-state index < -0.39 is 10.2 Å². The molecule has 134 valence electrons. The third-order valence-corrected chi connectivity index (χ3v) is 6.72. The quantitative estimate of drug-likeness (QED) is 0.799. The molecule has 0 atom stereocenters. The normalized spacial score (nSPS) is 24.4. The second-order valence-corrected chi connectivity index (χ2v) is 8.55. The topological polar surface area (TPSA) is 90.6 Å². The number of hydrogen-bond acceptors (Lipinski definition) is 5. The zero-order valence-electron chi connectivity index (χ0n) is 13.8. The fraction of sp³-hybridized carbons (Fsp3) is 0.800. The molecule has 0 radical (unpaired) electrons. The number of aromatic nitrogens is 2. The van der Waals surface area contributed by atoms with E-state index >= 15 is 0 Å². The van der Waals surface area contributed by atoms with Gasteiger partial charge in [0.1, 0.15) is 0 Å². The summed E-state index contributed by atoms with van der Waals surface area (Å²) in [6.07, 6.45) is 4.12. The SMILES string of the molecule is O=S(=O)(NC1CCN(c2cc(C3CC3)[nH]n2)CC1)N1CCOCC1. The van der Waals surface area contributed by atoms with E-state index in [2.05, 4.69) is 25.9 Å². The third-order valence-electron chi connectivity index (χ3n) is 5.05. The molecular formula is C15H25N5O3S. The second kappa shape index (κ2) is 6.62. The molecule has 3 heterocycles. The van der Waals surface area contributed by atoms with E-state index in [4.69, 9.17) is 4.74 Å². The van der Waals surface area contributed by atoms with Crippen LogP contribution >= 0.6 is 0 Å². The van der Waals surface area contributed by atoms with Crippen molar-refractivity contribution in [1.29, 1.82) is 0 Å². The molecule has 2 aliphatic heterocycles. The molecule has 3 aliphatic rings. The molecule has 1 aromatic heterocycles. The van der Waals surface area contributed by atoms with Crippen molar-refractivity contribution >= 4 is 16.0 Å². The summed E-state index contributed by atoms with van der Waals surface area (Å²) in [6.45, 7) is 3.47. The van der Waals surface area contributed by atoms with Crippen molar-refractivity contribution in [2.75, 3.05) is 44.3 Å². The van der Waals surface area contributed by atoms with Crippen molar-refractivity contribution in [3.05, 3.63) is 11.8 Å². The first-order valence-corrected chi connectivity index (χ1v) is 10.2. The van der Waals surface area contributed by atoms with Gasteiger partial charge in [-0.05, 0) is 25.7 Å². The summed E-state index contributed by atoms with van der Waals surface area (Å²) in [7, 11) is -3.40. The molecule has 0 unspecified atom stereocenters. The molecular weight excluding hydrogens is 330 g/mol. The van der Waals surface area contributed by atoms with E-state index in [1.54, 1.807) is 0 Å². The Labute approximate surface area is 142 Å². The summed E-state index contributed by atoms with van der Waals surface area (Å²) < 4.78 is 34.4. The number of anilines is 1. The summed E-state index contributed by atoms with van der Waals surface area (Å²) in [5.41, 5.74) is 1.24. The molecule has 0 amide bonds. The molecule has 8 nitrogen and oxygen atoms in total. The Balaban J connectivity index is 1.30. The first kappa shape index (κ1) is 16.3. The van der Waals surface area contributed by atoms with Crippen molar-refractivity contribution < 1.29 is 13.2 Å². The van der Waals surface area contributed by atoms with Gasteiger partial charge in [-0.15, -0.1) is 0 Å². The van der Waals surface area contributed by atoms with Crippen LogP contribution in [0, 0.1) is 0 Å². The highest BCUT2D eigenvalue weighted by Gasteiger charge is 2.30. The number of hydrogen-bond donors (Lipinski definition) is 2. The number of nitrogens with zero attached hydrogens (tertiary/aromatic N) is 3. The van der Waals surface area contributed by atoms with Gasteiger partial charge in [-0.1, -0.05) is 0 Å². The van der Waals surface area contributed by atoms with E-state index in [9.17, 15) is 8.42 Å². The number of ether oxygens (including phenoxy) is 1. The smallest absolute Gasteiger partial charge is 0.279 e. The maximum atomic E-state index is 12.4. The van der Waals surface area contributed by atoms with Gasteiger partial charge in [0, 0.05) is 49.9 Å². The molecule has 0 aromatic carbocycles. The van der Waals surface area contributed by atoms with Gasteiger partial charge in [-0.2, -0.15) is 22.5 Å². The molecule has 4 rings (SSSR count). The van der Waals surface area contributed by atoms with Crippen molar-refractivity contribution in [3.8, 4) is 0 Å². The molecule has 1 saturated carbocycles. The van der Waals surface area contributed by atoms with Gasteiger partial charge in [0.25, 0.3) is 10.2 Å². The van der Waals surface area contributed by atoms with E-state index in [1.807, 2.05) is 0 Å². The Bertz CT molecular complexity index is 658. The monoisotopic (exact) mass is 355 g/mol. The summed E-state index contributed by atoms with van der Waals surface area (Å²) in [5.74, 6) is 1.66. The van der Waals surface area contributed by atoms with E-state index in [1.165, 1.54) is 22.8 Å². The van der Waals surface area contributed by atoms with Crippen molar-refractivity contribution in [3.63, 3.8) is 0 Å². The van der Waals surface area contributed by atoms with Crippen molar-refractivity contribution in [1.82, 2.24) is 19.2 Å². The minimum absolute atomic E-state index is 0.00376. The molecule has 1 aliphatic carbocycles. The highest BCUT2D eigenvalue weighted by atomic mass is 32.2. The fourth-order valence-corrected chi connectivity index (χ4v) is 4.83. The summed E-state index contributed by atoms with van der Waals surface area (Å²) in [5, 5.41) is 7.55. The Hall–Kier alpha value is -1.16. The molecule has 0 bridgehead atoms. The standard InChI is InChI=1S/C15H25N5O3S/c21-24(22,20-7-9-23-10-8-20)18-13-3-5-19(6-4-13)15-11-14(16-17-15)12-1-2-12/h11-13,18H,1-10H2,(H,16,17). The summed E-state index contributed by atoms with van der Waals surface area (Å²) in [4.78, 5) is 2.24. The zero-order valence-corrected chi connectivity index (χ0v) is 14.6. The van der Waals surface area contributed by atoms with E-state index in [0.717, 1.165) is 31.7 Å². The molecule has 2 N–H and O–H groups in total. The van der Waals surface area contributed by atoms with E-state index in [-0.39, 0.29) is 6.04 Å². The Morgan fingerprint density at radius 1 is 1.12 bits per heavy atom. The lowest BCUT2D eigenvalue weighted by atomic mass is 10.1. The number of nitrogens with one attached hydrogen (secondary N) is 2. The summed E-state index contributed by atoms with van der Waals surface area (Å²) in [6, 6.07) is 2.14. The predicted molar refractivity (Wildman–Crippen MR) is 90.2 cm³/mol. The first-order chi connectivity index (χ1) is 11.6. The molecule has 9 heteroatoms. The Morgan fingerprint density at radius 3 is 2.50 bits per heavy atom. The molecule has 2 saturated heterocycles. The van der Waals surface area contributed by atoms with Crippen LogP contribution in [0.4, 0.5) is 5.82 Å². The highest BCUT2D eigenvalue weighted by Crippen LogP contribution is 2.40. The van der Waals surface area contributed by atoms with Crippen LogP contribution in [0.2, 0.25) is 0 Å². The Kier molecular flexibility index (Phi) is 4.50. The number of aromatic amines is 1. The number of H-pyrrole nitrogens is 1. The van der Waals surface area contributed by atoms with Gasteiger partial charge in [-0.25, -0.2) is 0 Å². The second-order valence-electron chi connectivity index (χ2n) is 6.85. The molecule has 1 aromatic rings. The van der Waals surface area contributed by atoms with Gasteiger partial charge >= 0.3 is 0 Å². The summed E-state index contributed by atoms with van der Waals surface area (Å²) >= 11 is 0. The lowest BCUT2D eigenvalue weighted by Gasteiger charge is -2.34. The lowest BCUT2D eigenvalue weighted by molar-refractivity contribution is 0.0722. The molecule has 0 spiro atoms. The maximum absolute atomic E-state index is 12.4. The van der Waals surface area contributed by atoms with Crippen LogP contribution in [0.1, 0.15) is 37.3 Å². The number of piperidine rings is 1. The predicted octanol–water partition coefficient (Wildman–Crippen LogP) is 0.423. The minimum Gasteiger partial charge on any atom is -0.379 e. The van der Waals surface area contributed by atoms with Gasteiger partial charge in [0.05, 0.1) is 13.2 Å². The fourth-order valence-electron chi connectivity index (χ4n) is 3.39. The van der Waals surface area contributed by atoms with Crippen LogP contribution in [0.3, 0.4) is 0 Å². The highest BCUT2D eigenvalue weighted by molar-refractivity contribution is 7.87. The van der Waals surface area contributed by atoms with E-state index in [0.29, 0.717) is 32.2 Å². The average molecular weight is 355 g/mol. The van der Waals surface area contributed by atoms with Gasteiger partial charge in [0.15, 0.2) is 5.82 Å². The first-order valence-electron chi connectivity index (χ1n) is 8.77. The number of rotatable bonds is 5. The Morgan fingerprint density at radius 2 is 1.83 bits per heavy atom. The average Bonchev–Trinajstić information content (AvgIpc) is 3.33.